The van der Waals surface area contributed by atoms with E-state index >= 15 is 0 Å². The highest BCUT2D eigenvalue weighted by atomic mass is 14.9. The van der Waals surface area contributed by atoms with Crippen LogP contribution in [0.15, 0.2) is 18.6 Å². The van der Waals surface area contributed by atoms with Crippen molar-refractivity contribution in [3.05, 3.63) is 24.3 Å². The molecule has 3 heteroatoms. The smallest absolute Gasteiger partial charge is 0.115 e. The van der Waals surface area contributed by atoms with Gasteiger partial charge in [-0.15, -0.1) is 0 Å². The van der Waals surface area contributed by atoms with E-state index in [1.165, 1.54) is 0 Å². The Kier molecular flexibility index (Phi) is 1.84. The van der Waals surface area contributed by atoms with Gasteiger partial charge in [-0.25, -0.2) is 9.97 Å². The number of rotatable bonds is 2. The van der Waals surface area contributed by atoms with E-state index in [2.05, 4.69) is 23.8 Å². The van der Waals surface area contributed by atoms with Gasteiger partial charge in [0, 0.05) is 17.8 Å². The average Bonchev–Trinajstić information content (AvgIpc) is 2.69. The van der Waals surface area contributed by atoms with Crippen molar-refractivity contribution in [3.8, 4) is 0 Å². The van der Waals surface area contributed by atoms with E-state index in [0.717, 1.165) is 12.2 Å². The minimum absolute atomic E-state index is 0.323. The first-order valence-corrected chi connectivity index (χ1v) is 4.64. The fraction of sp³-hybridized carbons (Fsp3) is 0.600. The van der Waals surface area contributed by atoms with Crippen LogP contribution < -0.4 is 5.73 Å². The second kappa shape index (κ2) is 2.77. The minimum Gasteiger partial charge on any atom is -0.330 e. The summed E-state index contributed by atoms with van der Waals surface area (Å²) in [6.45, 7) is 5.25. The zero-order valence-electron chi connectivity index (χ0n) is 8.07. The summed E-state index contributed by atoms with van der Waals surface area (Å²) in [4.78, 5) is 8.18. The Morgan fingerprint density at radius 1 is 1.54 bits per heavy atom. The Hall–Kier alpha value is -0.960. The standard InChI is InChI=1S/C10H15N3/c1-10(2)7(5-11)9(10)8-3-4-12-6-13-8/h3-4,6-7,9H,5,11H2,1-2H3. The molecule has 0 bridgehead atoms. The summed E-state index contributed by atoms with van der Waals surface area (Å²) in [7, 11) is 0. The molecule has 0 aliphatic heterocycles. The van der Waals surface area contributed by atoms with Gasteiger partial charge in [-0.3, -0.25) is 0 Å². The van der Waals surface area contributed by atoms with Gasteiger partial charge in [0.25, 0.3) is 0 Å². The second-order valence-electron chi connectivity index (χ2n) is 4.28. The summed E-state index contributed by atoms with van der Waals surface area (Å²) < 4.78 is 0. The summed E-state index contributed by atoms with van der Waals surface area (Å²) >= 11 is 0. The van der Waals surface area contributed by atoms with Gasteiger partial charge >= 0.3 is 0 Å². The Labute approximate surface area is 78.4 Å². The summed E-state index contributed by atoms with van der Waals surface area (Å²) in [5, 5.41) is 0. The summed E-state index contributed by atoms with van der Waals surface area (Å²) in [6, 6.07) is 1.99. The molecule has 2 unspecified atom stereocenters. The molecule has 1 heterocycles. The van der Waals surface area contributed by atoms with E-state index in [0.29, 0.717) is 17.3 Å². The van der Waals surface area contributed by atoms with Crippen molar-refractivity contribution < 1.29 is 0 Å². The van der Waals surface area contributed by atoms with E-state index in [1.807, 2.05) is 6.07 Å². The molecule has 0 spiro atoms. The van der Waals surface area contributed by atoms with Gasteiger partial charge in [0.05, 0.1) is 0 Å². The molecule has 1 aliphatic rings. The molecular formula is C10H15N3. The Morgan fingerprint density at radius 3 is 2.77 bits per heavy atom. The largest absolute Gasteiger partial charge is 0.330 e. The van der Waals surface area contributed by atoms with Crippen molar-refractivity contribution in [1.29, 1.82) is 0 Å². The molecule has 2 atom stereocenters. The predicted octanol–water partition coefficient (Wildman–Crippen LogP) is 1.17. The molecule has 1 aromatic heterocycles. The highest BCUT2D eigenvalue weighted by molar-refractivity contribution is 5.24. The highest BCUT2D eigenvalue weighted by Crippen LogP contribution is 2.63. The molecule has 0 saturated heterocycles. The van der Waals surface area contributed by atoms with Crippen LogP contribution >= 0.6 is 0 Å². The first kappa shape index (κ1) is 8.63. The summed E-state index contributed by atoms with van der Waals surface area (Å²) in [5.74, 6) is 1.11. The van der Waals surface area contributed by atoms with Crippen molar-refractivity contribution in [1.82, 2.24) is 9.97 Å². The Balaban J connectivity index is 2.22. The fourth-order valence-electron chi connectivity index (χ4n) is 2.26. The molecule has 3 nitrogen and oxygen atoms in total. The minimum atomic E-state index is 0.323. The van der Waals surface area contributed by atoms with Crippen molar-refractivity contribution in [3.63, 3.8) is 0 Å². The first-order chi connectivity index (χ1) is 6.18. The first-order valence-electron chi connectivity index (χ1n) is 4.64. The maximum atomic E-state index is 5.69. The molecular weight excluding hydrogens is 162 g/mol. The lowest BCUT2D eigenvalue weighted by Gasteiger charge is -2.00. The number of nitrogens with two attached hydrogens (primary N) is 1. The van der Waals surface area contributed by atoms with Crippen LogP contribution in [-0.2, 0) is 0 Å². The molecule has 0 amide bonds. The number of aromatic nitrogens is 2. The van der Waals surface area contributed by atoms with Crippen LogP contribution in [0.1, 0.15) is 25.5 Å². The molecule has 1 saturated carbocycles. The zero-order chi connectivity index (χ0) is 9.47. The number of nitrogens with zero attached hydrogens (tertiary/aromatic N) is 2. The molecule has 13 heavy (non-hydrogen) atoms. The number of hydrogen-bond acceptors (Lipinski definition) is 3. The van der Waals surface area contributed by atoms with Crippen molar-refractivity contribution >= 4 is 0 Å². The topological polar surface area (TPSA) is 51.8 Å². The van der Waals surface area contributed by atoms with Crippen LogP contribution in [0.3, 0.4) is 0 Å². The van der Waals surface area contributed by atoms with E-state index in [-0.39, 0.29) is 0 Å². The quantitative estimate of drug-likeness (QED) is 0.738. The monoisotopic (exact) mass is 177 g/mol. The van der Waals surface area contributed by atoms with Crippen LogP contribution in [0.25, 0.3) is 0 Å². The lowest BCUT2D eigenvalue weighted by molar-refractivity contribution is 0.557. The third-order valence-electron chi connectivity index (χ3n) is 3.23. The maximum Gasteiger partial charge on any atom is 0.115 e. The van der Waals surface area contributed by atoms with Crippen LogP contribution in [-0.4, -0.2) is 16.5 Å². The molecule has 0 radical (unpaired) electrons. The summed E-state index contributed by atoms with van der Waals surface area (Å²) in [6.07, 6.45) is 3.40. The molecule has 2 N–H and O–H groups in total. The second-order valence-corrected chi connectivity index (χ2v) is 4.28. The average molecular weight is 177 g/mol. The Bertz CT molecular complexity index is 294. The predicted molar refractivity (Wildman–Crippen MR) is 51.1 cm³/mol. The lowest BCUT2D eigenvalue weighted by atomic mass is 10.1. The van der Waals surface area contributed by atoms with Gasteiger partial charge in [-0.2, -0.15) is 0 Å². The molecule has 0 aromatic carbocycles. The van der Waals surface area contributed by atoms with Crippen LogP contribution in [0.4, 0.5) is 0 Å². The van der Waals surface area contributed by atoms with Gasteiger partial charge in [-0.05, 0) is 23.9 Å². The van der Waals surface area contributed by atoms with Gasteiger partial charge in [0.1, 0.15) is 6.33 Å². The van der Waals surface area contributed by atoms with Crippen LogP contribution in [0.5, 0.6) is 0 Å². The maximum absolute atomic E-state index is 5.69. The zero-order valence-corrected chi connectivity index (χ0v) is 8.07. The van der Waals surface area contributed by atoms with Gasteiger partial charge in [0.2, 0.25) is 0 Å². The van der Waals surface area contributed by atoms with Crippen molar-refractivity contribution in [2.75, 3.05) is 6.54 Å². The summed E-state index contributed by atoms with van der Waals surface area (Å²) in [5.41, 5.74) is 7.15. The van der Waals surface area contributed by atoms with E-state index in [1.54, 1.807) is 12.5 Å². The van der Waals surface area contributed by atoms with Crippen LogP contribution in [0, 0.1) is 11.3 Å². The van der Waals surface area contributed by atoms with E-state index in [9.17, 15) is 0 Å². The third kappa shape index (κ3) is 1.23. The molecule has 1 fully saturated rings. The molecule has 2 rings (SSSR count). The fourth-order valence-corrected chi connectivity index (χ4v) is 2.26. The van der Waals surface area contributed by atoms with Crippen LogP contribution in [0.2, 0.25) is 0 Å². The van der Waals surface area contributed by atoms with Crippen molar-refractivity contribution in [2.45, 2.75) is 19.8 Å². The van der Waals surface area contributed by atoms with Crippen molar-refractivity contribution in [2.24, 2.45) is 17.1 Å². The third-order valence-corrected chi connectivity index (χ3v) is 3.23. The number of hydrogen-bond donors (Lipinski definition) is 1. The lowest BCUT2D eigenvalue weighted by Crippen LogP contribution is -2.05. The molecule has 70 valence electrons. The SMILES string of the molecule is CC1(C)C(CN)C1c1ccncn1. The molecule has 1 aliphatic carbocycles. The van der Waals surface area contributed by atoms with E-state index in [4.69, 9.17) is 5.73 Å². The molecule has 1 aromatic rings. The normalized spacial score (nSPS) is 30.1. The van der Waals surface area contributed by atoms with Gasteiger partial charge in [-0.1, -0.05) is 13.8 Å². The highest BCUT2D eigenvalue weighted by Gasteiger charge is 2.57. The van der Waals surface area contributed by atoms with Gasteiger partial charge in [0.15, 0.2) is 0 Å². The van der Waals surface area contributed by atoms with Gasteiger partial charge < -0.3 is 5.73 Å². The van der Waals surface area contributed by atoms with E-state index < -0.39 is 0 Å². The Morgan fingerprint density at radius 2 is 2.31 bits per heavy atom.